The summed E-state index contributed by atoms with van der Waals surface area (Å²) in [6.45, 7) is 7.50. The van der Waals surface area contributed by atoms with Crippen LogP contribution in [0.25, 0.3) is 0 Å². The molecule has 1 fully saturated rings. The maximum Gasteiger partial charge on any atom is 0.191 e. The van der Waals surface area contributed by atoms with Gasteiger partial charge in [-0.25, -0.2) is 0 Å². The van der Waals surface area contributed by atoms with Crippen LogP contribution in [-0.2, 0) is 22.6 Å². The number of anilines is 1. The lowest BCUT2D eigenvalue weighted by atomic mass is 10.1. The first-order valence-corrected chi connectivity index (χ1v) is 11.7. The lowest BCUT2D eigenvalue weighted by molar-refractivity contribution is 0.0453. The molecular formula is C23H34N4O2S. The van der Waals surface area contributed by atoms with Crippen LogP contribution in [0, 0.1) is 0 Å². The maximum atomic E-state index is 5.67. The molecule has 6 nitrogen and oxygen atoms in total. The zero-order valence-corrected chi connectivity index (χ0v) is 18.9. The van der Waals surface area contributed by atoms with Crippen molar-refractivity contribution in [1.29, 1.82) is 0 Å². The van der Waals surface area contributed by atoms with E-state index in [0.717, 1.165) is 45.0 Å². The predicted molar refractivity (Wildman–Crippen MR) is 125 cm³/mol. The summed E-state index contributed by atoms with van der Waals surface area (Å²) in [7, 11) is 1.83. The van der Waals surface area contributed by atoms with E-state index in [9.17, 15) is 0 Å². The highest BCUT2D eigenvalue weighted by molar-refractivity contribution is 7.14. The molecule has 2 heterocycles. The van der Waals surface area contributed by atoms with Crippen LogP contribution < -0.4 is 15.5 Å². The Balaban J connectivity index is 1.39. The average Bonchev–Trinajstić information content (AvgIpc) is 3.32. The second kappa shape index (κ2) is 12.6. The molecule has 0 aliphatic carbocycles. The summed E-state index contributed by atoms with van der Waals surface area (Å²) in [6.07, 6.45) is 2.24. The molecule has 1 aliphatic rings. The molecule has 1 aromatic heterocycles. The Kier molecular flexibility index (Phi) is 9.47. The van der Waals surface area contributed by atoms with Crippen molar-refractivity contribution < 1.29 is 9.47 Å². The third-order valence-corrected chi connectivity index (χ3v) is 6.10. The smallest absolute Gasteiger partial charge is 0.191 e. The maximum absolute atomic E-state index is 5.67. The normalized spacial score (nSPS) is 15.4. The number of hydrogen-bond acceptors (Lipinski definition) is 5. The number of piperidine rings is 1. The number of nitrogens with one attached hydrogen (secondary N) is 2. The summed E-state index contributed by atoms with van der Waals surface area (Å²) in [5.41, 5.74) is 2.39. The second-order valence-electron chi connectivity index (χ2n) is 7.35. The monoisotopic (exact) mass is 430 g/mol. The quantitative estimate of drug-likeness (QED) is 0.342. The third-order valence-electron chi connectivity index (χ3n) is 5.17. The number of nitrogens with zero attached hydrogens (tertiary/aromatic N) is 2. The van der Waals surface area contributed by atoms with Gasteiger partial charge in [0.05, 0.1) is 24.8 Å². The molecule has 164 valence electrons. The number of hydrogen-bond donors (Lipinski definition) is 2. The Hall–Kier alpha value is -2.09. The van der Waals surface area contributed by atoms with E-state index in [-0.39, 0.29) is 0 Å². The molecule has 3 rings (SSSR count). The van der Waals surface area contributed by atoms with Gasteiger partial charge in [0.2, 0.25) is 0 Å². The number of aliphatic imine (C=N–C) groups is 1. The van der Waals surface area contributed by atoms with Crippen molar-refractivity contribution in [3.05, 3.63) is 52.9 Å². The van der Waals surface area contributed by atoms with Crippen LogP contribution >= 0.6 is 11.3 Å². The first kappa shape index (κ1) is 22.6. The molecule has 0 radical (unpaired) electrons. The number of benzene rings is 1. The van der Waals surface area contributed by atoms with E-state index in [0.29, 0.717) is 25.9 Å². The van der Waals surface area contributed by atoms with Gasteiger partial charge in [0.25, 0.3) is 0 Å². The summed E-state index contributed by atoms with van der Waals surface area (Å²) in [6, 6.07) is 13.3. The van der Waals surface area contributed by atoms with E-state index in [1.54, 1.807) is 0 Å². The highest BCUT2D eigenvalue weighted by Crippen LogP contribution is 2.24. The Bertz CT molecular complexity index is 758. The molecule has 30 heavy (non-hydrogen) atoms. The summed E-state index contributed by atoms with van der Waals surface area (Å²) >= 11 is 1.82. The largest absolute Gasteiger partial charge is 0.379 e. The topological polar surface area (TPSA) is 58.1 Å². The van der Waals surface area contributed by atoms with Crippen LogP contribution in [0.2, 0.25) is 0 Å². The first-order valence-electron chi connectivity index (χ1n) is 10.8. The van der Waals surface area contributed by atoms with Gasteiger partial charge in [-0.3, -0.25) is 4.99 Å². The van der Waals surface area contributed by atoms with E-state index < -0.39 is 0 Å². The fraction of sp³-hybridized carbons (Fsp3) is 0.522. The van der Waals surface area contributed by atoms with Crippen molar-refractivity contribution in [3.63, 3.8) is 0 Å². The number of rotatable bonds is 10. The molecule has 7 heteroatoms. The van der Waals surface area contributed by atoms with Gasteiger partial charge in [0, 0.05) is 39.3 Å². The molecular weight excluding hydrogens is 396 g/mol. The lowest BCUT2D eigenvalue weighted by Crippen LogP contribution is -2.48. The average molecular weight is 431 g/mol. The van der Waals surface area contributed by atoms with Gasteiger partial charge in [0.1, 0.15) is 0 Å². The minimum absolute atomic E-state index is 0.456. The Morgan fingerprint density at radius 2 is 1.93 bits per heavy atom. The van der Waals surface area contributed by atoms with E-state index >= 15 is 0 Å². The van der Waals surface area contributed by atoms with Gasteiger partial charge in [-0.05, 0) is 48.4 Å². The van der Waals surface area contributed by atoms with Gasteiger partial charge in [-0.15, -0.1) is 11.3 Å². The number of ether oxygens (including phenoxy) is 2. The van der Waals surface area contributed by atoms with Gasteiger partial charge in [-0.2, -0.15) is 0 Å². The second-order valence-corrected chi connectivity index (χ2v) is 8.28. The SMILES string of the molecule is CCOCCOCc1cccc(CNC(=NC)NC2CCN(c3cccs3)CC2)c1. The van der Waals surface area contributed by atoms with Gasteiger partial charge >= 0.3 is 0 Å². The molecule has 2 N–H and O–H groups in total. The molecule has 0 unspecified atom stereocenters. The summed E-state index contributed by atoms with van der Waals surface area (Å²) in [5, 5.41) is 10.6. The molecule has 0 saturated carbocycles. The van der Waals surface area contributed by atoms with Gasteiger partial charge in [-0.1, -0.05) is 24.3 Å². The fourth-order valence-electron chi connectivity index (χ4n) is 3.55. The van der Waals surface area contributed by atoms with Crippen LogP contribution in [0.1, 0.15) is 30.9 Å². The Morgan fingerprint density at radius 1 is 1.13 bits per heavy atom. The highest BCUT2D eigenvalue weighted by atomic mass is 32.1. The highest BCUT2D eigenvalue weighted by Gasteiger charge is 2.20. The van der Waals surface area contributed by atoms with Crippen LogP contribution in [0.3, 0.4) is 0 Å². The minimum Gasteiger partial charge on any atom is -0.379 e. The van der Waals surface area contributed by atoms with Gasteiger partial charge in [0.15, 0.2) is 5.96 Å². The summed E-state index contributed by atoms with van der Waals surface area (Å²) in [4.78, 5) is 6.88. The lowest BCUT2D eigenvalue weighted by Gasteiger charge is -2.33. The Morgan fingerprint density at radius 3 is 2.67 bits per heavy atom. The van der Waals surface area contributed by atoms with Crippen molar-refractivity contribution in [1.82, 2.24) is 10.6 Å². The molecule has 1 aliphatic heterocycles. The van der Waals surface area contributed by atoms with Crippen molar-refractivity contribution in [3.8, 4) is 0 Å². The van der Waals surface area contributed by atoms with Crippen LogP contribution in [0.15, 0.2) is 46.8 Å². The van der Waals surface area contributed by atoms with Crippen LogP contribution in [0.5, 0.6) is 0 Å². The molecule has 1 saturated heterocycles. The summed E-state index contributed by atoms with van der Waals surface area (Å²) in [5.74, 6) is 0.864. The van der Waals surface area contributed by atoms with Crippen LogP contribution in [0.4, 0.5) is 5.00 Å². The third kappa shape index (κ3) is 7.31. The number of thiophene rings is 1. The van der Waals surface area contributed by atoms with Crippen molar-refractivity contribution in [2.24, 2.45) is 4.99 Å². The zero-order valence-electron chi connectivity index (χ0n) is 18.1. The van der Waals surface area contributed by atoms with Crippen molar-refractivity contribution >= 4 is 22.3 Å². The standard InChI is InChI=1S/C23H34N4O2S/c1-3-28-13-14-29-18-20-7-4-6-19(16-20)17-25-23(24-2)26-21-9-11-27(12-10-21)22-8-5-15-30-22/h4-8,15-16,21H,3,9-14,17-18H2,1-2H3,(H2,24,25,26). The van der Waals surface area contributed by atoms with E-state index in [4.69, 9.17) is 9.47 Å². The first-order chi connectivity index (χ1) is 14.8. The molecule has 2 aromatic rings. The molecule has 0 atom stereocenters. The molecule has 1 aromatic carbocycles. The van der Waals surface area contributed by atoms with Crippen LogP contribution in [-0.4, -0.2) is 52.0 Å². The zero-order chi connectivity index (χ0) is 21.0. The summed E-state index contributed by atoms with van der Waals surface area (Å²) < 4.78 is 11.0. The molecule has 0 spiro atoms. The Labute approximate surface area is 184 Å². The fourth-order valence-corrected chi connectivity index (χ4v) is 4.33. The predicted octanol–water partition coefficient (Wildman–Crippen LogP) is 3.64. The van der Waals surface area contributed by atoms with E-state index in [1.165, 1.54) is 16.1 Å². The van der Waals surface area contributed by atoms with E-state index in [1.807, 2.05) is 25.3 Å². The van der Waals surface area contributed by atoms with Crippen molar-refractivity contribution in [2.45, 2.75) is 39.0 Å². The minimum atomic E-state index is 0.456. The molecule has 0 bridgehead atoms. The molecule has 0 amide bonds. The number of guanidine groups is 1. The van der Waals surface area contributed by atoms with E-state index in [2.05, 4.69) is 62.3 Å². The van der Waals surface area contributed by atoms with Crippen molar-refractivity contribution in [2.75, 3.05) is 44.9 Å². The van der Waals surface area contributed by atoms with Gasteiger partial charge < -0.3 is 25.0 Å².